The van der Waals surface area contributed by atoms with Gasteiger partial charge in [-0.25, -0.2) is 4.79 Å². The van der Waals surface area contributed by atoms with Crippen LogP contribution in [0.3, 0.4) is 0 Å². The van der Waals surface area contributed by atoms with Gasteiger partial charge in [0.2, 0.25) is 5.88 Å². The number of piperidine rings is 1. The predicted molar refractivity (Wildman–Crippen MR) is 88.6 cm³/mol. The van der Waals surface area contributed by atoms with Gasteiger partial charge in [-0.3, -0.25) is 4.79 Å². The van der Waals surface area contributed by atoms with E-state index in [0.29, 0.717) is 62.3 Å². The SMILES string of the molecule is CCOC(=O)N1CCC2(CC1)C(C#N)=C(N)OC1=C2C(=O)C[C@H](C)C1. The topological polar surface area (TPSA) is 106 Å². The summed E-state index contributed by atoms with van der Waals surface area (Å²) in [7, 11) is 0. The van der Waals surface area contributed by atoms with E-state index >= 15 is 0 Å². The largest absolute Gasteiger partial charge is 0.450 e. The lowest BCUT2D eigenvalue weighted by Crippen LogP contribution is -2.48. The van der Waals surface area contributed by atoms with Gasteiger partial charge in [0.1, 0.15) is 17.4 Å². The van der Waals surface area contributed by atoms with Crippen LogP contribution in [0.1, 0.15) is 39.5 Å². The zero-order valence-electron chi connectivity index (χ0n) is 14.6. The molecule has 3 rings (SSSR count). The van der Waals surface area contributed by atoms with Crippen molar-refractivity contribution in [2.24, 2.45) is 17.1 Å². The van der Waals surface area contributed by atoms with Gasteiger partial charge >= 0.3 is 6.09 Å². The van der Waals surface area contributed by atoms with E-state index in [-0.39, 0.29) is 23.7 Å². The summed E-state index contributed by atoms with van der Waals surface area (Å²) in [5.41, 5.74) is 6.19. The number of ketones is 1. The average Bonchev–Trinajstić information content (AvgIpc) is 2.55. The summed E-state index contributed by atoms with van der Waals surface area (Å²) in [6, 6.07) is 2.16. The molecule has 0 aromatic rings. The highest BCUT2D eigenvalue weighted by atomic mass is 16.6. The van der Waals surface area contributed by atoms with Gasteiger partial charge in [0.25, 0.3) is 0 Å². The number of hydrogen-bond donors (Lipinski definition) is 1. The summed E-state index contributed by atoms with van der Waals surface area (Å²) < 4.78 is 10.7. The first kappa shape index (κ1) is 17.3. The number of likely N-dealkylation sites (tertiary alicyclic amines) is 1. The fourth-order valence-electron chi connectivity index (χ4n) is 4.18. The van der Waals surface area contributed by atoms with Gasteiger partial charge < -0.3 is 20.1 Å². The molecule has 0 bridgehead atoms. The molecule has 2 aliphatic heterocycles. The number of rotatable bonds is 1. The number of allylic oxidation sites excluding steroid dienone is 3. The molecular formula is C18H23N3O4. The Kier molecular flexibility index (Phi) is 4.46. The van der Waals surface area contributed by atoms with Crippen molar-refractivity contribution in [3.63, 3.8) is 0 Å². The van der Waals surface area contributed by atoms with Crippen LogP contribution in [0.25, 0.3) is 0 Å². The molecule has 2 heterocycles. The Morgan fingerprint density at radius 2 is 2.12 bits per heavy atom. The smallest absolute Gasteiger partial charge is 0.409 e. The molecule has 1 aliphatic carbocycles. The third-order valence-corrected chi connectivity index (χ3v) is 5.32. The van der Waals surface area contributed by atoms with Crippen molar-refractivity contribution in [2.45, 2.75) is 39.5 Å². The second kappa shape index (κ2) is 6.43. The van der Waals surface area contributed by atoms with Crippen LogP contribution in [0.15, 0.2) is 22.8 Å². The van der Waals surface area contributed by atoms with Gasteiger partial charge in [-0.15, -0.1) is 0 Å². The first-order valence-corrected chi connectivity index (χ1v) is 8.69. The van der Waals surface area contributed by atoms with Crippen LogP contribution in [0.2, 0.25) is 0 Å². The number of Topliss-reactive ketones (excluding diaryl/α,β-unsaturated/α-hetero) is 1. The molecule has 2 N–H and O–H groups in total. The summed E-state index contributed by atoms with van der Waals surface area (Å²) in [6.07, 6.45) is 1.67. The maximum absolute atomic E-state index is 12.8. The van der Waals surface area contributed by atoms with Crippen molar-refractivity contribution < 1.29 is 19.1 Å². The normalized spacial score (nSPS) is 25.4. The van der Waals surface area contributed by atoms with E-state index in [9.17, 15) is 14.9 Å². The van der Waals surface area contributed by atoms with E-state index in [1.54, 1.807) is 11.8 Å². The van der Waals surface area contributed by atoms with Crippen LogP contribution in [-0.4, -0.2) is 36.5 Å². The third kappa shape index (κ3) is 2.76. The second-order valence-electron chi connectivity index (χ2n) is 6.96. The van der Waals surface area contributed by atoms with Crippen molar-refractivity contribution in [1.29, 1.82) is 5.26 Å². The van der Waals surface area contributed by atoms with E-state index in [1.165, 1.54) is 0 Å². The molecule has 7 nitrogen and oxygen atoms in total. The number of carbonyl (C=O) groups excluding carboxylic acids is 2. The highest BCUT2D eigenvalue weighted by Gasteiger charge is 2.51. The summed E-state index contributed by atoms with van der Waals surface area (Å²) in [6.45, 7) is 4.91. The minimum Gasteiger partial charge on any atom is -0.450 e. The summed E-state index contributed by atoms with van der Waals surface area (Å²) in [5, 5.41) is 9.66. The van der Waals surface area contributed by atoms with Crippen LogP contribution in [-0.2, 0) is 14.3 Å². The lowest BCUT2D eigenvalue weighted by Gasteiger charge is -2.46. The van der Waals surface area contributed by atoms with Crippen LogP contribution in [0.4, 0.5) is 4.79 Å². The first-order chi connectivity index (χ1) is 11.9. The fourth-order valence-corrected chi connectivity index (χ4v) is 4.18. The van der Waals surface area contributed by atoms with Gasteiger partial charge in [-0.05, 0) is 25.7 Å². The number of hydrogen-bond acceptors (Lipinski definition) is 6. The Bertz CT molecular complexity index is 708. The zero-order chi connectivity index (χ0) is 18.2. The molecule has 0 aromatic heterocycles. The molecule has 1 fully saturated rings. The Balaban J connectivity index is 1.96. The molecule has 1 spiro atoms. The molecule has 1 atom stereocenters. The van der Waals surface area contributed by atoms with Gasteiger partial charge in [-0.1, -0.05) is 6.92 Å². The highest BCUT2D eigenvalue weighted by Crippen LogP contribution is 2.52. The third-order valence-electron chi connectivity index (χ3n) is 5.32. The number of carbonyl (C=O) groups is 2. The Labute approximate surface area is 147 Å². The average molecular weight is 345 g/mol. The molecule has 1 amide bonds. The van der Waals surface area contributed by atoms with Crippen molar-refractivity contribution in [2.75, 3.05) is 19.7 Å². The summed E-state index contributed by atoms with van der Waals surface area (Å²) >= 11 is 0. The van der Waals surface area contributed by atoms with E-state index < -0.39 is 5.41 Å². The predicted octanol–water partition coefficient (Wildman–Crippen LogP) is 2.20. The van der Waals surface area contributed by atoms with Gasteiger partial charge in [-0.2, -0.15) is 5.26 Å². The van der Waals surface area contributed by atoms with E-state index in [2.05, 4.69) is 6.07 Å². The van der Waals surface area contributed by atoms with E-state index in [4.69, 9.17) is 15.2 Å². The van der Waals surface area contributed by atoms with Crippen molar-refractivity contribution in [3.8, 4) is 6.07 Å². The second-order valence-corrected chi connectivity index (χ2v) is 6.96. The molecule has 3 aliphatic rings. The number of ether oxygens (including phenoxy) is 2. The lowest BCUT2D eigenvalue weighted by molar-refractivity contribution is -0.118. The molecule has 0 saturated carbocycles. The van der Waals surface area contributed by atoms with Crippen molar-refractivity contribution >= 4 is 11.9 Å². The summed E-state index contributed by atoms with van der Waals surface area (Å²) in [4.78, 5) is 26.4. The quantitative estimate of drug-likeness (QED) is 0.781. The molecule has 1 saturated heterocycles. The molecule has 134 valence electrons. The van der Waals surface area contributed by atoms with Crippen LogP contribution < -0.4 is 5.73 Å². The van der Waals surface area contributed by atoms with Crippen LogP contribution in [0.5, 0.6) is 0 Å². The van der Waals surface area contributed by atoms with Crippen LogP contribution >= 0.6 is 0 Å². The number of nitrogens with two attached hydrogens (primary N) is 1. The fraction of sp³-hybridized carbons (Fsp3) is 0.611. The van der Waals surface area contributed by atoms with Crippen molar-refractivity contribution in [3.05, 3.63) is 22.8 Å². The van der Waals surface area contributed by atoms with Crippen molar-refractivity contribution in [1.82, 2.24) is 4.90 Å². The molecule has 0 aromatic carbocycles. The Morgan fingerprint density at radius 1 is 1.44 bits per heavy atom. The molecule has 25 heavy (non-hydrogen) atoms. The molecule has 7 heteroatoms. The van der Waals surface area contributed by atoms with E-state index in [1.807, 2.05) is 6.92 Å². The van der Waals surface area contributed by atoms with Crippen LogP contribution in [0, 0.1) is 22.7 Å². The lowest BCUT2D eigenvalue weighted by atomic mass is 9.62. The number of nitriles is 1. The van der Waals surface area contributed by atoms with Gasteiger partial charge in [0, 0.05) is 36.9 Å². The zero-order valence-corrected chi connectivity index (χ0v) is 14.6. The number of amides is 1. The number of fused-ring (bicyclic) bond motifs is 1. The standard InChI is InChI=1S/C18H23N3O4/c1-3-24-17(23)21-6-4-18(5-7-21)12(10-19)16(20)25-14-9-11(2)8-13(22)15(14)18/h11H,3-9,20H2,1-2H3/t11-/m0/s1. The Morgan fingerprint density at radius 3 is 2.72 bits per heavy atom. The number of nitrogens with zero attached hydrogens (tertiary/aromatic N) is 2. The van der Waals surface area contributed by atoms with E-state index in [0.717, 1.165) is 0 Å². The maximum atomic E-state index is 12.8. The minimum absolute atomic E-state index is 0.0265. The maximum Gasteiger partial charge on any atom is 0.409 e. The molecule has 0 unspecified atom stereocenters. The van der Waals surface area contributed by atoms with Gasteiger partial charge in [0.15, 0.2) is 5.78 Å². The highest BCUT2D eigenvalue weighted by molar-refractivity contribution is 5.99. The Hall–Kier alpha value is -2.49. The summed E-state index contributed by atoms with van der Waals surface area (Å²) in [5.74, 6) is 0.913. The van der Waals surface area contributed by atoms with Gasteiger partial charge in [0.05, 0.1) is 6.61 Å². The molecular weight excluding hydrogens is 322 g/mol. The first-order valence-electron chi connectivity index (χ1n) is 8.69. The minimum atomic E-state index is -0.743. The molecule has 0 radical (unpaired) electrons. The monoisotopic (exact) mass is 345 g/mol.